The molecule has 0 aromatic carbocycles. The maximum atomic E-state index is 13.3. The minimum atomic E-state index is -1.10. The van der Waals surface area contributed by atoms with Crippen LogP contribution in [0.5, 0.6) is 0 Å². The first-order chi connectivity index (χ1) is 8.59. The minimum Gasteiger partial charge on any atom is -0.302 e. The van der Waals surface area contributed by atoms with Crippen LogP contribution in [0.25, 0.3) is 0 Å². The third kappa shape index (κ3) is 2.81. The van der Waals surface area contributed by atoms with Gasteiger partial charge in [-0.05, 0) is 25.9 Å². The monoisotopic (exact) mass is 275 g/mol. The molecule has 2 heterocycles. The Balaban J connectivity index is 2.12. The van der Waals surface area contributed by atoms with Crippen LogP contribution in [0, 0.1) is 5.82 Å². The van der Waals surface area contributed by atoms with Gasteiger partial charge in [0, 0.05) is 13.1 Å². The Morgan fingerprint density at radius 1 is 1.17 bits per heavy atom. The first-order valence-corrected chi connectivity index (χ1v) is 6.38. The van der Waals surface area contributed by atoms with Gasteiger partial charge in [0.25, 0.3) is 5.56 Å². The molecule has 1 fully saturated rings. The zero-order valence-corrected chi connectivity index (χ0v) is 10.7. The molecule has 100 valence electrons. The van der Waals surface area contributed by atoms with Crippen molar-refractivity contribution in [3.8, 4) is 0 Å². The predicted molar refractivity (Wildman–Crippen MR) is 66.6 cm³/mol. The molecule has 0 atom stereocenters. The van der Waals surface area contributed by atoms with Crippen molar-refractivity contribution in [2.45, 2.75) is 25.8 Å². The van der Waals surface area contributed by atoms with Gasteiger partial charge < -0.3 is 4.90 Å². The molecule has 18 heavy (non-hydrogen) atoms. The Bertz CT molecular complexity index is 534. The summed E-state index contributed by atoms with van der Waals surface area (Å²) in [6.07, 6.45) is 3.47. The van der Waals surface area contributed by atoms with Gasteiger partial charge in [0.15, 0.2) is 5.15 Å². The average molecular weight is 276 g/mol. The minimum absolute atomic E-state index is 0.183. The summed E-state index contributed by atoms with van der Waals surface area (Å²) >= 11 is 5.39. The molecule has 1 aromatic heterocycles. The first-order valence-electron chi connectivity index (χ1n) is 6.00. The van der Waals surface area contributed by atoms with Crippen molar-refractivity contribution in [2.75, 3.05) is 19.6 Å². The lowest BCUT2D eigenvalue weighted by atomic mass is 10.1. The molecule has 1 aromatic rings. The molecule has 0 bridgehead atoms. The van der Waals surface area contributed by atoms with Crippen molar-refractivity contribution in [3.63, 3.8) is 0 Å². The van der Waals surface area contributed by atoms with Gasteiger partial charge in [0.2, 0.25) is 5.82 Å². The highest BCUT2D eigenvalue weighted by molar-refractivity contribution is 6.29. The third-order valence-corrected chi connectivity index (χ3v) is 3.44. The van der Waals surface area contributed by atoms with Crippen LogP contribution in [-0.2, 0) is 6.54 Å². The zero-order chi connectivity index (χ0) is 13.1. The van der Waals surface area contributed by atoms with Crippen molar-refractivity contribution in [1.29, 1.82) is 0 Å². The quantitative estimate of drug-likeness (QED) is 0.831. The van der Waals surface area contributed by atoms with E-state index in [4.69, 9.17) is 11.6 Å². The summed E-state index contributed by atoms with van der Waals surface area (Å²) < 4.78 is 14.1. The van der Waals surface area contributed by atoms with Crippen molar-refractivity contribution >= 4 is 11.6 Å². The van der Waals surface area contributed by atoms with Crippen LogP contribution in [0.1, 0.15) is 19.3 Å². The molecule has 0 radical (unpaired) electrons. The van der Waals surface area contributed by atoms with Gasteiger partial charge in [-0.1, -0.05) is 18.0 Å². The van der Waals surface area contributed by atoms with Crippen LogP contribution in [-0.4, -0.2) is 34.1 Å². The maximum absolute atomic E-state index is 13.3. The van der Waals surface area contributed by atoms with Gasteiger partial charge in [0.05, 0.1) is 0 Å². The van der Waals surface area contributed by atoms with Crippen molar-refractivity contribution in [2.24, 2.45) is 0 Å². The Morgan fingerprint density at radius 3 is 2.50 bits per heavy atom. The van der Waals surface area contributed by atoms with E-state index < -0.39 is 22.2 Å². The Hall–Kier alpha value is -1.14. The number of nitrogens with zero attached hydrogens (tertiary/aromatic N) is 2. The van der Waals surface area contributed by atoms with Crippen LogP contribution in [0.4, 0.5) is 4.39 Å². The van der Waals surface area contributed by atoms with Gasteiger partial charge in [-0.15, -0.1) is 0 Å². The van der Waals surface area contributed by atoms with Gasteiger partial charge in [-0.3, -0.25) is 14.3 Å². The number of rotatable bonds is 3. The number of hydrogen-bond donors (Lipinski definition) is 1. The molecular formula is C11H15ClFN3O2. The predicted octanol–water partition coefficient (Wildman–Crippen LogP) is 0.815. The van der Waals surface area contributed by atoms with E-state index in [1.165, 1.54) is 6.42 Å². The van der Waals surface area contributed by atoms with Crippen LogP contribution >= 0.6 is 11.6 Å². The fraction of sp³-hybridized carbons (Fsp3) is 0.636. The number of halogens is 2. The first kappa shape index (κ1) is 13.3. The fourth-order valence-electron chi connectivity index (χ4n) is 2.15. The number of likely N-dealkylation sites (tertiary alicyclic amines) is 1. The molecule has 0 unspecified atom stereocenters. The van der Waals surface area contributed by atoms with E-state index in [0.29, 0.717) is 6.54 Å². The SMILES string of the molecule is O=c1[nH]c(Cl)c(F)c(=O)n1CCN1CCCCC1. The second kappa shape index (κ2) is 5.67. The van der Waals surface area contributed by atoms with Gasteiger partial charge in [-0.2, -0.15) is 4.39 Å². The molecule has 0 aliphatic carbocycles. The van der Waals surface area contributed by atoms with Crippen LogP contribution in [0.3, 0.4) is 0 Å². The molecule has 1 saturated heterocycles. The molecule has 7 heteroatoms. The molecule has 5 nitrogen and oxygen atoms in total. The Morgan fingerprint density at radius 2 is 1.83 bits per heavy atom. The molecular weight excluding hydrogens is 261 g/mol. The van der Waals surface area contributed by atoms with E-state index in [1.807, 2.05) is 0 Å². The standard InChI is InChI=1S/C11H15ClFN3O2/c12-9-8(13)10(17)16(11(18)14-9)7-6-15-4-2-1-3-5-15/h1-7H2,(H,14,18). The molecule has 0 amide bonds. The summed E-state index contributed by atoms with van der Waals surface area (Å²) in [4.78, 5) is 27.4. The molecule has 1 N–H and O–H groups in total. The summed E-state index contributed by atoms with van der Waals surface area (Å²) in [5.41, 5.74) is -1.62. The van der Waals surface area contributed by atoms with Crippen LogP contribution < -0.4 is 11.2 Å². The molecule has 1 aliphatic heterocycles. The van der Waals surface area contributed by atoms with Crippen molar-refractivity contribution in [1.82, 2.24) is 14.5 Å². The number of H-pyrrole nitrogens is 1. The average Bonchev–Trinajstić information content (AvgIpc) is 2.37. The number of hydrogen-bond acceptors (Lipinski definition) is 3. The summed E-state index contributed by atoms with van der Waals surface area (Å²) in [7, 11) is 0. The van der Waals surface area contributed by atoms with Crippen molar-refractivity contribution in [3.05, 3.63) is 31.8 Å². The highest BCUT2D eigenvalue weighted by atomic mass is 35.5. The second-order valence-corrected chi connectivity index (χ2v) is 4.80. The third-order valence-electron chi connectivity index (χ3n) is 3.18. The molecule has 1 aliphatic rings. The summed E-state index contributed by atoms with van der Waals surface area (Å²) in [6.45, 7) is 2.68. The van der Waals surface area contributed by atoms with Crippen LogP contribution in [0.2, 0.25) is 5.15 Å². The smallest absolute Gasteiger partial charge is 0.302 e. The molecule has 2 rings (SSSR count). The topological polar surface area (TPSA) is 58.1 Å². The van der Waals surface area contributed by atoms with E-state index in [0.717, 1.165) is 30.5 Å². The number of nitrogens with one attached hydrogen (secondary N) is 1. The number of aromatic amines is 1. The lowest BCUT2D eigenvalue weighted by Gasteiger charge is -2.26. The Kier molecular flexibility index (Phi) is 4.19. The van der Waals surface area contributed by atoms with Crippen molar-refractivity contribution < 1.29 is 4.39 Å². The molecule has 0 saturated carbocycles. The maximum Gasteiger partial charge on any atom is 0.329 e. The summed E-state index contributed by atoms with van der Waals surface area (Å²) in [6, 6.07) is 0. The normalized spacial score (nSPS) is 17.0. The van der Waals surface area contributed by atoms with Gasteiger partial charge >= 0.3 is 5.69 Å². The van der Waals surface area contributed by atoms with E-state index in [2.05, 4.69) is 9.88 Å². The largest absolute Gasteiger partial charge is 0.329 e. The zero-order valence-electron chi connectivity index (χ0n) is 9.92. The highest BCUT2D eigenvalue weighted by Gasteiger charge is 2.14. The van der Waals surface area contributed by atoms with E-state index in [9.17, 15) is 14.0 Å². The van der Waals surface area contributed by atoms with E-state index >= 15 is 0 Å². The summed E-state index contributed by atoms with van der Waals surface area (Å²) in [5.74, 6) is -1.10. The highest BCUT2D eigenvalue weighted by Crippen LogP contribution is 2.08. The van der Waals surface area contributed by atoms with Crippen LogP contribution in [0.15, 0.2) is 9.59 Å². The van der Waals surface area contributed by atoms with E-state index in [1.54, 1.807) is 0 Å². The summed E-state index contributed by atoms with van der Waals surface area (Å²) in [5, 5.41) is -0.528. The second-order valence-electron chi connectivity index (χ2n) is 4.42. The van der Waals surface area contributed by atoms with E-state index in [-0.39, 0.29) is 6.54 Å². The lowest BCUT2D eigenvalue weighted by Crippen LogP contribution is -2.41. The number of aromatic nitrogens is 2. The Labute approximate surface area is 108 Å². The van der Waals surface area contributed by atoms with Gasteiger partial charge in [-0.25, -0.2) is 4.79 Å². The lowest BCUT2D eigenvalue weighted by molar-refractivity contribution is 0.218. The van der Waals surface area contributed by atoms with Gasteiger partial charge in [0.1, 0.15) is 0 Å². The fourth-order valence-corrected chi connectivity index (χ4v) is 2.31. The number of piperidine rings is 1. The molecule has 0 spiro atoms.